The van der Waals surface area contributed by atoms with Crippen molar-refractivity contribution in [1.82, 2.24) is 5.32 Å². The minimum atomic E-state index is 0.0973. The molecule has 15 heavy (non-hydrogen) atoms. The van der Waals surface area contributed by atoms with Crippen LogP contribution in [0, 0.1) is 0 Å². The number of aliphatic imine (C=N–C) groups is 1. The van der Waals surface area contributed by atoms with E-state index in [0.29, 0.717) is 0 Å². The molecule has 1 spiro atoms. The third kappa shape index (κ3) is 1.40. The zero-order valence-electron chi connectivity index (χ0n) is 8.87. The lowest BCUT2D eigenvalue weighted by atomic mass is 9.78. The van der Waals surface area contributed by atoms with Crippen molar-refractivity contribution in [3.63, 3.8) is 0 Å². The van der Waals surface area contributed by atoms with Crippen molar-refractivity contribution in [1.29, 1.82) is 0 Å². The monoisotopic (exact) mass is 200 g/mol. The summed E-state index contributed by atoms with van der Waals surface area (Å²) >= 11 is 0. The largest absolute Gasteiger partial charge is 0.317 e. The summed E-state index contributed by atoms with van der Waals surface area (Å²) in [6, 6.07) is 8.78. The van der Waals surface area contributed by atoms with Crippen molar-refractivity contribution in [3.05, 3.63) is 35.4 Å². The molecule has 2 aliphatic heterocycles. The Bertz CT molecular complexity index is 389. The standard InChI is InChI=1S/C13H16N2/c1-2-4-12-11(3-1)5-8-15-13(12)6-9-14-10-7-13/h1-4,8,14H,5-7,9-10H2. The minimum Gasteiger partial charge on any atom is -0.317 e. The Morgan fingerprint density at radius 2 is 1.93 bits per heavy atom. The number of hydrogen-bond acceptors (Lipinski definition) is 2. The molecule has 0 radical (unpaired) electrons. The number of fused-ring (bicyclic) bond motifs is 2. The second-order valence-corrected chi connectivity index (χ2v) is 4.45. The molecule has 3 rings (SSSR count). The van der Waals surface area contributed by atoms with E-state index in [-0.39, 0.29) is 5.54 Å². The molecule has 1 saturated heterocycles. The average Bonchev–Trinajstić information content (AvgIpc) is 2.31. The summed E-state index contributed by atoms with van der Waals surface area (Å²) in [6.45, 7) is 2.18. The molecular weight excluding hydrogens is 184 g/mol. The van der Waals surface area contributed by atoms with Crippen molar-refractivity contribution in [2.75, 3.05) is 13.1 Å². The van der Waals surface area contributed by atoms with Gasteiger partial charge < -0.3 is 5.32 Å². The fourth-order valence-corrected chi connectivity index (χ4v) is 2.78. The maximum absolute atomic E-state index is 4.80. The van der Waals surface area contributed by atoms with E-state index in [2.05, 4.69) is 35.8 Å². The van der Waals surface area contributed by atoms with Crippen LogP contribution in [0.1, 0.15) is 24.0 Å². The highest BCUT2D eigenvalue weighted by molar-refractivity contribution is 5.66. The lowest BCUT2D eigenvalue weighted by Gasteiger charge is -2.38. The summed E-state index contributed by atoms with van der Waals surface area (Å²) in [5.74, 6) is 0. The first-order valence-electron chi connectivity index (χ1n) is 5.74. The van der Waals surface area contributed by atoms with Gasteiger partial charge in [0.15, 0.2) is 0 Å². The Morgan fingerprint density at radius 3 is 2.80 bits per heavy atom. The van der Waals surface area contributed by atoms with Gasteiger partial charge in [-0.05, 0) is 37.1 Å². The first-order valence-corrected chi connectivity index (χ1v) is 5.74. The molecule has 0 amide bonds. The summed E-state index contributed by atoms with van der Waals surface area (Å²) in [4.78, 5) is 4.80. The molecule has 0 aliphatic carbocycles. The smallest absolute Gasteiger partial charge is 0.0879 e. The van der Waals surface area contributed by atoms with Crippen LogP contribution in [0.5, 0.6) is 0 Å². The third-order valence-corrected chi connectivity index (χ3v) is 3.60. The van der Waals surface area contributed by atoms with Crippen LogP contribution in [-0.4, -0.2) is 19.3 Å². The number of rotatable bonds is 0. The summed E-state index contributed by atoms with van der Waals surface area (Å²) in [7, 11) is 0. The van der Waals surface area contributed by atoms with Gasteiger partial charge in [0, 0.05) is 12.6 Å². The molecular formula is C13H16N2. The molecule has 2 heteroatoms. The predicted molar refractivity (Wildman–Crippen MR) is 62.4 cm³/mol. The van der Waals surface area contributed by atoms with E-state index in [0.717, 1.165) is 32.4 Å². The van der Waals surface area contributed by atoms with Gasteiger partial charge in [0.1, 0.15) is 0 Å². The maximum atomic E-state index is 4.80. The number of piperidine rings is 1. The highest BCUT2D eigenvalue weighted by Gasteiger charge is 2.35. The van der Waals surface area contributed by atoms with E-state index in [1.54, 1.807) is 0 Å². The number of benzene rings is 1. The highest BCUT2D eigenvalue weighted by Crippen LogP contribution is 2.38. The van der Waals surface area contributed by atoms with E-state index in [1.807, 2.05) is 0 Å². The fourth-order valence-electron chi connectivity index (χ4n) is 2.78. The zero-order valence-corrected chi connectivity index (χ0v) is 8.87. The van der Waals surface area contributed by atoms with Crippen LogP contribution >= 0.6 is 0 Å². The Morgan fingerprint density at radius 1 is 1.13 bits per heavy atom. The summed E-state index contributed by atoms with van der Waals surface area (Å²) in [6.07, 6.45) is 5.39. The van der Waals surface area contributed by atoms with Gasteiger partial charge in [-0.3, -0.25) is 4.99 Å². The number of nitrogens with one attached hydrogen (secondary N) is 1. The Labute approximate surface area is 90.4 Å². The highest BCUT2D eigenvalue weighted by atomic mass is 15.0. The Hall–Kier alpha value is -1.15. The minimum absolute atomic E-state index is 0.0973. The Balaban J connectivity index is 2.08. The van der Waals surface area contributed by atoms with Crippen LogP contribution in [0.15, 0.2) is 29.3 Å². The van der Waals surface area contributed by atoms with Crippen LogP contribution in [0.3, 0.4) is 0 Å². The van der Waals surface area contributed by atoms with Crippen molar-refractivity contribution in [2.24, 2.45) is 4.99 Å². The number of hydrogen-bond donors (Lipinski definition) is 1. The molecule has 2 nitrogen and oxygen atoms in total. The first-order chi connectivity index (χ1) is 7.41. The van der Waals surface area contributed by atoms with Gasteiger partial charge in [-0.25, -0.2) is 0 Å². The van der Waals surface area contributed by atoms with Crippen molar-refractivity contribution < 1.29 is 0 Å². The molecule has 1 aromatic carbocycles. The van der Waals surface area contributed by atoms with Crippen molar-refractivity contribution >= 4 is 6.21 Å². The van der Waals surface area contributed by atoms with Gasteiger partial charge in [-0.1, -0.05) is 24.3 Å². The van der Waals surface area contributed by atoms with Gasteiger partial charge >= 0.3 is 0 Å². The van der Waals surface area contributed by atoms with Gasteiger partial charge in [0.2, 0.25) is 0 Å². The molecule has 1 N–H and O–H groups in total. The SMILES string of the molecule is C1=NC2(CCNCC2)c2ccccc2C1. The quantitative estimate of drug-likeness (QED) is 0.679. The summed E-state index contributed by atoms with van der Waals surface area (Å²) in [5.41, 5.74) is 3.03. The molecule has 2 aliphatic rings. The van der Waals surface area contributed by atoms with Crippen molar-refractivity contribution in [2.45, 2.75) is 24.8 Å². The van der Waals surface area contributed by atoms with Crippen LogP contribution < -0.4 is 5.32 Å². The molecule has 0 aromatic heterocycles. The van der Waals surface area contributed by atoms with E-state index in [4.69, 9.17) is 4.99 Å². The molecule has 1 aromatic rings. The lowest BCUT2D eigenvalue weighted by molar-refractivity contribution is 0.316. The first kappa shape index (κ1) is 9.10. The van der Waals surface area contributed by atoms with Gasteiger partial charge in [-0.15, -0.1) is 0 Å². The maximum Gasteiger partial charge on any atom is 0.0879 e. The predicted octanol–water partition coefficient (Wildman–Crippen LogP) is 1.89. The molecule has 78 valence electrons. The zero-order chi connectivity index (χ0) is 10.1. The van der Waals surface area contributed by atoms with E-state index in [1.165, 1.54) is 11.1 Å². The number of nitrogens with zero attached hydrogens (tertiary/aromatic N) is 1. The summed E-state index contributed by atoms with van der Waals surface area (Å²) < 4.78 is 0. The van der Waals surface area contributed by atoms with Crippen LogP contribution in [0.2, 0.25) is 0 Å². The van der Waals surface area contributed by atoms with E-state index in [9.17, 15) is 0 Å². The molecule has 0 saturated carbocycles. The van der Waals surface area contributed by atoms with Gasteiger partial charge in [-0.2, -0.15) is 0 Å². The summed E-state index contributed by atoms with van der Waals surface area (Å²) in [5, 5.41) is 3.41. The van der Waals surface area contributed by atoms with Crippen LogP contribution in [-0.2, 0) is 12.0 Å². The molecule has 0 bridgehead atoms. The average molecular weight is 200 g/mol. The molecule has 0 atom stereocenters. The van der Waals surface area contributed by atoms with Gasteiger partial charge in [0.25, 0.3) is 0 Å². The normalized spacial score (nSPS) is 22.7. The fraction of sp³-hybridized carbons (Fsp3) is 0.462. The van der Waals surface area contributed by atoms with Crippen molar-refractivity contribution in [3.8, 4) is 0 Å². The van der Waals surface area contributed by atoms with Crippen LogP contribution in [0.4, 0.5) is 0 Å². The second-order valence-electron chi connectivity index (χ2n) is 4.45. The lowest BCUT2D eigenvalue weighted by Crippen LogP contribution is -2.40. The second kappa shape index (κ2) is 3.46. The molecule has 0 unspecified atom stereocenters. The molecule has 2 heterocycles. The van der Waals surface area contributed by atoms with Gasteiger partial charge in [0.05, 0.1) is 5.54 Å². The van der Waals surface area contributed by atoms with Crippen LogP contribution in [0.25, 0.3) is 0 Å². The molecule has 1 fully saturated rings. The topological polar surface area (TPSA) is 24.4 Å². The van der Waals surface area contributed by atoms with E-state index < -0.39 is 0 Å². The third-order valence-electron chi connectivity index (χ3n) is 3.60. The van der Waals surface area contributed by atoms with E-state index >= 15 is 0 Å². The Kier molecular flexibility index (Phi) is 2.10.